The van der Waals surface area contributed by atoms with E-state index < -0.39 is 11.9 Å². The van der Waals surface area contributed by atoms with Gasteiger partial charge >= 0.3 is 11.9 Å². The maximum Gasteiger partial charge on any atom is 0.344 e. The van der Waals surface area contributed by atoms with Gasteiger partial charge in [0.25, 0.3) is 0 Å². The number of esters is 2. The van der Waals surface area contributed by atoms with Crippen LogP contribution in [-0.4, -0.2) is 24.2 Å². The Bertz CT molecular complexity index is 1300. The number of phenols is 1. The molecule has 0 amide bonds. The summed E-state index contributed by atoms with van der Waals surface area (Å²) in [7, 11) is 1.57. The van der Waals surface area contributed by atoms with Crippen molar-refractivity contribution >= 4 is 23.1 Å². The molecular formula is C23H14O6. The molecule has 0 saturated carbocycles. The third kappa shape index (κ3) is 2.65. The molecule has 6 nitrogen and oxygen atoms in total. The summed E-state index contributed by atoms with van der Waals surface area (Å²) in [6.07, 6.45) is 0. The highest BCUT2D eigenvalue weighted by molar-refractivity contribution is 6.21. The first kappa shape index (κ1) is 17.1. The summed E-state index contributed by atoms with van der Waals surface area (Å²) in [4.78, 5) is 25.0. The lowest BCUT2D eigenvalue weighted by atomic mass is 10.0. The summed E-state index contributed by atoms with van der Waals surface area (Å²) in [5.41, 5.74) is 2.05. The Morgan fingerprint density at radius 1 is 0.724 bits per heavy atom. The lowest BCUT2D eigenvalue weighted by Crippen LogP contribution is -2.11. The monoisotopic (exact) mass is 386 g/mol. The van der Waals surface area contributed by atoms with E-state index in [1.807, 2.05) is 0 Å². The van der Waals surface area contributed by atoms with E-state index in [1.54, 1.807) is 55.6 Å². The minimum absolute atomic E-state index is 0.0996. The fraction of sp³-hybridized carbons (Fsp3) is 0.0435. The van der Waals surface area contributed by atoms with Crippen molar-refractivity contribution < 1.29 is 28.9 Å². The van der Waals surface area contributed by atoms with Crippen molar-refractivity contribution in [2.45, 2.75) is 0 Å². The number of carbonyl (C=O) groups is 2. The van der Waals surface area contributed by atoms with Gasteiger partial charge in [0.1, 0.15) is 23.0 Å². The van der Waals surface area contributed by atoms with E-state index in [0.717, 1.165) is 0 Å². The van der Waals surface area contributed by atoms with Crippen LogP contribution in [-0.2, 0) is 9.59 Å². The number of methoxy groups -OCH3 is 1. The lowest BCUT2D eigenvalue weighted by Gasteiger charge is -2.02. The molecule has 2 aliphatic rings. The Labute approximate surface area is 164 Å². The van der Waals surface area contributed by atoms with Crippen LogP contribution in [0.3, 0.4) is 0 Å². The second-order valence-corrected chi connectivity index (χ2v) is 6.65. The molecule has 3 aromatic rings. The van der Waals surface area contributed by atoms with Gasteiger partial charge in [0.15, 0.2) is 0 Å². The topological polar surface area (TPSA) is 82.1 Å². The van der Waals surface area contributed by atoms with Gasteiger partial charge in [-0.3, -0.25) is 0 Å². The van der Waals surface area contributed by atoms with Crippen LogP contribution >= 0.6 is 0 Å². The van der Waals surface area contributed by atoms with Crippen LogP contribution in [0.15, 0.2) is 60.7 Å². The summed E-state index contributed by atoms with van der Waals surface area (Å²) in [5.74, 6) is 0.549. The molecule has 2 heterocycles. The van der Waals surface area contributed by atoms with E-state index >= 15 is 0 Å². The Morgan fingerprint density at radius 3 is 1.62 bits per heavy atom. The Balaban J connectivity index is 1.73. The normalized spacial score (nSPS) is 14.4. The van der Waals surface area contributed by atoms with Crippen molar-refractivity contribution in [1.29, 1.82) is 0 Å². The van der Waals surface area contributed by atoms with E-state index in [0.29, 0.717) is 50.0 Å². The maximum atomic E-state index is 12.5. The number of fused-ring (bicyclic) bond motifs is 2. The zero-order valence-corrected chi connectivity index (χ0v) is 15.3. The van der Waals surface area contributed by atoms with Crippen LogP contribution in [0.1, 0.15) is 11.1 Å². The molecule has 0 radical (unpaired) electrons. The fourth-order valence-corrected chi connectivity index (χ4v) is 3.57. The van der Waals surface area contributed by atoms with Gasteiger partial charge in [-0.25, -0.2) is 9.59 Å². The SMILES string of the molecule is COc1ccc(C2=c3cc4c(cc3OC2=O)=C(c2ccc(O)cc2)C(=O)O4)cc1. The number of ether oxygens (including phenoxy) is 3. The average molecular weight is 386 g/mol. The fourth-order valence-electron chi connectivity index (χ4n) is 3.57. The van der Waals surface area contributed by atoms with E-state index in [4.69, 9.17) is 14.2 Å². The van der Waals surface area contributed by atoms with Crippen molar-refractivity contribution in [3.8, 4) is 23.0 Å². The minimum Gasteiger partial charge on any atom is -0.508 e. The van der Waals surface area contributed by atoms with Gasteiger partial charge in [-0.05, 0) is 47.5 Å². The summed E-state index contributed by atoms with van der Waals surface area (Å²) in [6.45, 7) is 0. The van der Waals surface area contributed by atoms with Gasteiger partial charge in [-0.1, -0.05) is 24.3 Å². The standard InChI is InChI=1S/C23H14O6/c1-27-15-8-4-13(5-9-15)21-17-11-18-16(10-19(17)29-23(21)26)20(22(25)28-18)12-2-6-14(24)7-3-12/h2-11,24H,1H3. The van der Waals surface area contributed by atoms with Crippen LogP contribution < -0.4 is 24.6 Å². The van der Waals surface area contributed by atoms with Crippen LogP contribution in [0.4, 0.5) is 0 Å². The minimum atomic E-state index is -0.494. The van der Waals surface area contributed by atoms with Crippen LogP contribution in [0, 0.1) is 0 Å². The highest BCUT2D eigenvalue weighted by atomic mass is 16.5. The van der Waals surface area contributed by atoms with Crippen molar-refractivity contribution in [1.82, 2.24) is 0 Å². The summed E-state index contributed by atoms with van der Waals surface area (Å²) in [6, 6.07) is 16.6. The van der Waals surface area contributed by atoms with E-state index in [2.05, 4.69) is 0 Å². The van der Waals surface area contributed by atoms with Crippen LogP contribution in [0.5, 0.6) is 23.0 Å². The Morgan fingerprint density at radius 2 is 1.17 bits per heavy atom. The predicted molar refractivity (Wildman–Crippen MR) is 103 cm³/mol. The molecule has 0 spiro atoms. The van der Waals surface area contributed by atoms with Crippen molar-refractivity contribution in [3.63, 3.8) is 0 Å². The highest BCUT2D eigenvalue weighted by Crippen LogP contribution is 2.28. The molecule has 0 bridgehead atoms. The van der Waals surface area contributed by atoms with Gasteiger partial charge in [-0.2, -0.15) is 0 Å². The third-order valence-electron chi connectivity index (χ3n) is 4.97. The van der Waals surface area contributed by atoms with E-state index in [9.17, 15) is 14.7 Å². The predicted octanol–water partition coefficient (Wildman–Crippen LogP) is 1.64. The molecule has 29 heavy (non-hydrogen) atoms. The molecule has 5 rings (SSSR count). The molecule has 0 fully saturated rings. The van der Waals surface area contributed by atoms with Crippen LogP contribution in [0.2, 0.25) is 0 Å². The van der Waals surface area contributed by atoms with Crippen LogP contribution in [0.25, 0.3) is 11.1 Å². The van der Waals surface area contributed by atoms with Gasteiger partial charge in [-0.15, -0.1) is 0 Å². The first-order valence-corrected chi connectivity index (χ1v) is 8.86. The number of carbonyl (C=O) groups excluding carboxylic acids is 2. The first-order chi connectivity index (χ1) is 14.0. The second kappa shape index (κ2) is 6.24. The van der Waals surface area contributed by atoms with Gasteiger partial charge in [0.05, 0.1) is 18.3 Å². The number of hydrogen-bond acceptors (Lipinski definition) is 6. The van der Waals surface area contributed by atoms with E-state index in [1.165, 1.54) is 12.1 Å². The number of rotatable bonds is 3. The van der Waals surface area contributed by atoms with E-state index in [-0.39, 0.29) is 5.75 Å². The second-order valence-electron chi connectivity index (χ2n) is 6.65. The molecule has 2 aliphatic heterocycles. The maximum absolute atomic E-state index is 12.5. The van der Waals surface area contributed by atoms with Crippen molar-refractivity contribution in [3.05, 3.63) is 82.2 Å². The first-order valence-electron chi connectivity index (χ1n) is 8.86. The molecule has 0 aromatic heterocycles. The smallest absolute Gasteiger partial charge is 0.344 e. The molecular weight excluding hydrogens is 372 g/mol. The van der Waals surface area contributed by atoms with Gasteiger partial charge in [0.2, 0.25) is 0 Å². The summed E-state index contributed by atoms with van der Waals surface area (Å²) < 4.78 is 16.1. The highest BCUT2D eigenvalue weighted by Gasteiger charge is 2.30. The molecule has 3 aromatic carbocycles. The summed E-state index contributed by atoms with van der Waals surface area (Å²) in [5, 5.41) is 10.6. The molecule has 0 unspecified atom stereocenters. The molecule has 142 valence electrons. The van der Waals surface area contributed by atoms with Crippen molar-refractivity contribution in [2.24, 2.45) is 0 Å². The van der Waals surface area contributed by atoms with Crippen molar-refractivity contribution in [2.75, 3.05) is 7.11 Å². The summed E-state index contributed by atoms with van der Waals surface area (Å²) >= 11 is 0. The zero-order chi connectivity index (χ0) is 20.1. The lowest BCUT2D eigenvalue weighted by molar-refractivity contribution is -0.128. The number of benzene rings is 3. The van der Waals surface area contributed by atoms with Gasteiger partial charge < -0.3 is 19.3 Å². The average Bonchev–Trinajstić information content (AvgIpc) is 3.21. The van der Waals surface area contributed by atoms with Gasteiger partial charge in [0, 0.05) is 10.4 Å². The number of hydrogen-bond donors (Lipinski definition) is 1. The quantitative estimate of drug-likeness (QED) is 0.544. The zero-order valence-electron chi connectivity index (χ0n) is 15.3. The molecule has 0 atom stereocenters. The molecule has 6 heteroatoms. The molecule has 0 saturated heterocycles. The molecule has 0 aliphatic carbocycles. The third-order valence-corrected chi connectivity index (χ3v) is 4.97. The Hall–Kier alpha value is -4.06. The number of phenolic OH excluding ortho intramolecular Hbond substituents is 1. The Kier molecular flexibility index (Phi) is 3.67. The molecule has 1 N–H and O–H groups in total. The largest absolute Gasteiger partial charge is 0.508 e. The number of aromatic hydroxyl groups is 1.